The van der Waals surface area contributed by atoms with Gasteiger partial charge in [-0.25, -0.2) is 0 Å². The van der Waals surface area contributed by atoms with Gasteiger partial charge >= 0.3 is 169 Å². The van der Waals surface area contributed by atoms with E-state index in [9.17, 15) is 14.7 Å². The maximum atomic E-state index is 13.0. The SMILES string of the molecule is [B]=C(OC)c1scc(C)c1NC(=O)C[N+]1(CC(=O)Cc2nocc2C)CCC(O)CC1. The van der Waals surface area contributed by atoms with Crippen molar-refractivity contribution in [3.05, 3.63) is 33.3 Å². The van der Waals surface area contributed by atoms with Crippen LogP contribution in [-0.2, 0) is 20.7 Å². The summed E-state index contributed by atoms with van der Waals surface area (Å²) in [6, 6.07) is 0. The fraction of sp³-hybridized carbons (Fsp3) is 0.524. The summed E-state index contributed by atoms with van der Waals surface area (Å²) in [4.78, 5) is 26.5. The van der Waals surface area contributed by atoms with Crippen LogP contribution in [0.15, 0.2) is 16.2 Å². The molecule has 0 unspecified atom stereocenters. The molecule has 0 bridgehead atoms. The van der Waals surface area contributed by atoms with Crippen molar-refractivity contribution in [1.29, 1.82) is 0 Å². The van der Waals surface area contributed by atoms with Crippen LogP contribution in [0.25, 0.3) is 0 Å². The van der Waals surface area contributed by atoms with Gasteiger partial charge in [-0.15, -0.1) is 0 Å². The van der Waals surface area contributed by atoms with Crippen LogP contribution in [0.4, 0.5) is 5.69 Å². The van der Waals surface area contributed by atoms with E-state index in [1.54, 1.807) is 0 Å². The molecule has 8 nitrogen and oxygen atoms in total. The number of rotatable bonds is 9. The van der Waals surface area contributed by atoms with Crippen LogP contribution < -0.4 is 5.32 Å². The Morgan fingerprint density at radius 1 is 1.32 bits per heavy atom. The van der Waals surface area contributed by atoms with Crippen molar-refractivity contribution in [3.63, 3.8) is 0 Å². The summed E-state index contributed by atoms with van der Waals surface area (Å²) in [5.74, 6) is -0.209. The van der Waals surface area contributed by atoms with Crippen molar-refractivity contribution < 1.29 is 28.4 Å². The molecule has 1 aliphatic rings. The number of ketones is 1. The number of quaternary nitrogens is 1. The Morgan fingerprint density at radius 2 is 2.03 bits per heavy atom. The number of hydrogen-bond acceptors (Lipinski definition) is 7. The third-order valence-electron chi connectivity index (χ3n) is 5.76. The van der Waals surface area contributed by atoms with Gasteiger partial charge in [-0.3, -0.25) is 0 Å². The summed E-state index contributed by atoms with van der Waals surface area (Å²) in [6.07, 6.45) is 2.39. The number of aromatic nitrogens is 1. The fourth-order valence-electron chi connectivity index (χ4n) is 3.93. The Hall–Kier alpha value is -2.30. The second-order valence-electron chi connectivity index (χ2n) is 8.24. The number of methoxy groups -OCH3 is 1. The molecule has 1 aliphatic heterocycles. The number of aliphatic hydroxyl groups is 1. The van der Waals surface area contributed by atoms with Crippen LogP contribution in [0, 0.1) is 13.8 Å². The molecule has 10 heteroatoms. The predicted molar refractivity (Wildman–Crippen MR) is 119 cm³/mol. The maximum absolute atomic E-state index is 13.0. The van der Waals surface area contributed by atoms with E-state index in [-0.39, 0.29) is 36.9 Å². The summed E-state index contributed by atoms with van der Waals surface area (Å²) >= 11 is 1.40. The van der Waals surface area contributed by atoms with Crippen molar-refractivity contribution in [3.8, 4) is 0 Å². The number of nitrogens with zero attached hydrogens (tertiary/aromatic N) is 2. The summed E-state index contributed by atoms with van der Waals surface area (Å²) in [7, 11) is 7.40. The van der Waals surface area contributed by atoms with E-state index in [1.807, 2.05) is 19.2 Å². The van der Waals surface area contributed by atoms with Gasteiger partial charge in [0.2, 0.25) is 0 Å². The summed E-state index contributed by atoms with van der Waals surface area (Å²) in [5, 5.41) is 18.7. The number of piperidine rings is 1. The number of hydrogen-bond donors (Lipinski definition) is 2. The first-order chi connectivity index (χ1) is 14.7. The van der Waals surface area contributed by atoms with Crippen molar-refractivity contribution in [2.75, 3.05) is 38.6 Å². The summed E-state index contributed by atoms with van der Waals surface area (Å²) in [6.45, 7) is 5.19. The monoisotopic (exact) mass is 445 g/mol. The number of thiophene rings is 1. The van der Waals surface area contributed by atoms with Crippen molar-refractivity contribution in [1.82, 2.24) is 5.16 Å². The molecule has 2 aromatic heterocycles. The molecule has 0 atom stereocenters. The van der Waals surface area contributed by atoms with Crippen LogP contribution in [0.5, 0.6) is 0 Å². The van der Waals surface area contributed by atoms with Gasteiger partial charge < -0.3 is 4.52 Å². The van der Waals surface area contributed by atoms with Crippen molar-refractivity contribution in [2.24, 2.45) is 0 Å². The van der Waals surface area contributed by atoms with Crippen LogP contribution in [0.1, 0.15) is 34.5 Å². The fourth-order valence-corrected chi connectivity index (χ4v) is 4.87. The van der Waals surface area contributed by atoms with E-state index in [0.29, 0.717) is 46.7 Å². The zero-order chi connectivity index (χ0) is 22.6. The first-order valence-electron chi connectivity index (χ1n) is 10.2. The molecular formula is C21H28BN3O5S+. The molecule has 0 spiro atoms. The van der Waals surface area contributed by atoms with Crippen molar-refractivity contribution in [2.45, 2.75) is 39.2 Å². The Labute approximate surface area is 186 Å². The molecule has 1 amide bonds. The zero-order valence-corrected chi connectivity index (χ0v) is 19.0. The molecule has 1 radical (unpaired) electrons. The average molecular weight is 445 g/mol. The molecule has 1 saturated heterocycles. The van der Waals surface area contributed by atoms with Gasteiger partial charge in [-0.05, 0) is 6.92 Å². The van der Waals surface area contributed by atoms with E-state index >= 15 is 0 Å². The molecule has 3 heterocycles. The third-order valence-corrected chi connectivity index (χ3v) is 6.87. The molecule has 2 aromatic rings. The van der Waals surface area contributed by atoms with Gasteiger partial charge in [-0.2, -0.15) is 0 Å². The van der Waals surface area contributed by atoms with Gasteiger partial charge in [-0.1, -0.05) is 0 Å². The predicted octanol–water partition coefficient (Wildman–Crippen LogP) is 1.37. The molecule has 0 aromatic carbocycles. The normalized spacial score (nSPS) is 20.9. The Bertz CT molecular complexity index is 962. The minimum absolute atomic E-state index is 0.00875. The van der Waals surface area contributed by atoms with E-state index in [4.69, 9.17) is 16.7 Å². The van der Waals surface area contributed by atoms with Crippen LogP contribution in [0.2, 0.25) is 0 Å². The second kappa shape index (κ2) is 9.89. The first kappa shape index (κ1) is 23.4. The number of nitrogens with one attached hydrogen (secondary N) is 1. The molecule has 1 fully saturated rings. The molecule has 31 heavy (non-hydrogen) atoms. The number of carbonyl (C=O) groups excluding carboxylic acids is 2. The number of carbonyl (C=O) groups is 2. The minimum atomic E-state index is -0.399. The topological polar surface area (TPSA) is 102 Å². The van der Waals surface area contributed by atoms with Crippen LogP contribution in [-0.4, -0.2) is 79.0 Å². The number of anilines is 1. The number of likely N-dealkylation sites (tertiary alicyclic amines) is 1. The number of aryl methyl sites for hydroxylation is 2. The average Bonchev–Trinajstić information content (AvgIpc) is 3.29. The summed E-state index contributed by atoms with van der Waals surface area (Å²) in [5.41, 5.74) is 3.23. The van der Waals surface area contributed by atoms with Gasteiger partial charge in [0.25, 0.3) is 0 Å². The molecule has 3 rings (SSSR count). The van der Waals surface area contributed by atoms with Gasteiger partial charge in [0.15, 0.2) is 0 Å². The number of ether oxygens (including phenoxy) is 1. The Kier molecular flexibility index (Phi) is 7.45. The zero-order valence-electron chi connectivity index (χ0n) is 18.1. The molecular weight excluding hydrogens is 417 g/mol. The quantitative estimate of drug-likeness (QED) is 0.447. The summed E-state index contributed by atoms with van der Waals surface area (Å²) < 4.78 is 10.4. The third kappa shape index (κ3) is 5.69. The van der Waals surface area contributed by atoms with Gasteiger partial charge in [0, 0.05) is 0 Å². The number of aliphatic hydroxyl groups excluding tert-OH is 1. The number of Topliss-reactive ketones (excluding diaryl/α,β-unsaturated/α-hetero) is 1. The molecule has 2 N–H and O–H groups in total. The van der Waals surface area contributed by atoms with Gasteiger partial charge in [0.1, 0.15) is 6.26 Å². The second-order valence-corrected chi connectivity index (χ2v) is 9.12. The van der Waals surface area contributed by atoms with E-state index in [0.717, 1.165) is 11.1 Å². The Balaban J connectivity index is 1.73. The van der Waals surface area contributed by atoms with E-state index in [2.05, 4.69) is 10.5 Å². The van der Waals surface area contributed by atoms with Crippen LogP contribution >= 0.6 is 11.3 Å². The van der Waals surface area contributed by atoms with Gasteiger partial charge in [0.05, 0.1) is 0 Å². The molecule has 165 valence electrons. The van der Waals surface area contributed by atoms with Crippen LogP contribution in [0.3, 0.4) is 0 Å². The van der Waals surface area contributed by atoms with Crippen molar-refractivity contribution >= 4 is 41.9 Å². The molecule has 0 saturated carbocycles. The first-order valence-corrected chi connectivity index (χ1v) is 11.1. The Morgan fingerprint density at radius 3 is 2.65 bits per heavy atom. The van der Waals surface area contributed by atoms with E-state index < -0.39 is 6.10 Å². The molecule has 0 aliphatic carbocycles. The number of amides is 1. The standard InChI is InChI=1S/C21H27BN3O5S/c1-13-11-30-24-17(13)8-16(27)9-25(6-4-15(26)5-7-25)10-18(28)23-19-14(2)12-31-20(19)21(22)29-3/h11-12,15,26H,4-10H2,1-3H3/p+1. The van der Waals surface area contributed by atoms with E-state index in [1.165, 1.54) is 24.7 Å².